The summed E-state index contributed by atoms with van der Waals surface area (Å²) >= 11 is 6.31. The van der Waals surface area contributed by atoms with Gasteiger partial charge in [-0.3, -0.25) is 4.90 Å². The van der Waals surface area contributed by atoms with Crippen molar-refractivity contribution in [3.8, 4) is 0 Å². The number of nitrogens with two attached hydrogens (primary N) is 1. The number of para-hydroxylation sites is 1. The predicted molar refractivity (Wildman–Crippen MR) is 78.3 cm³/mol. The first kappa shape index (κ1) is 13.7. The number of nitrogens with zero attached hydrogens (tertiary/aromatic N) is 2. The first-order chi connectivity index (χ1) is 8.45. The van der Waals surface area contributed by atoms with E-state index < -0.39 is 0 Å². The smallest absolute Gasteiger partial charge is 0.0639 e. The van der Waals surface area contributed by atoms with Crippen LogP contribution in [0.15, 0.2) is 24.3 Å². The third-order valence-electron chi connectivity index (χ3n) is 3.95. The molecule has 1 aliphatic heterocycles. The fourth-order valence-electron chi connectivity index (χ4n) is 2.50. The molecule has 1 fully saturated rings. The molecule has 0 radical (unpaired) electrons. The number of benzene rings is 1. The lowest BCUT2D eigenvalue weighted by atomic mass is 9.95. The number of hydrogen-bond donors (Lipinski definition) is 1. The van der Waals surface area contributed by atoms with Crippen molar-refractivity contribution in [2.75, 3.05) is 31.6 Å². The minimum Gasteiger partial charge on any atom is -0.363 e. The maximum atomic E-state index is 6.31. The van der Waals surface area contributed by atoms with E-state index in [0.29, 0.717) is 12.6 Å². The van der Waals surface area contributed by atoms with Gasteiger partial charge in [-0.15, -0.1) is 0 Å². The molecule has 1 aromatic carbocycles. The van der Waals surface area contributed by atoms with E-state index in [-0.39, 0.29) is 5.54 Å². The van der Waals surface area contributed by atoms with Gasteiger partial charge in [-0.2, -0.15) is 0 Å². The van der Waals surface area contributed by atoms with Crippen LogP contribution in [0.1, 0.15) is 13.8 Å². The predicted octanol–water partition coefficient (Wildman–Crippen LogP) is 2.20. The van der Waals surface area contributed by atoms with Gasteiger partial charge in [0, 0.05) is 25.2 Å². The quantitative estimate of drug-likeness (QED) is 0.892. The number of halogens is 1. The lowest BCUT2D eigenvalue weighted by Gasteiger charge is -2.50. The molecule has 1 atom stereocenters. The Balaban J connectivity index is 2.33. The summed E-state index contributed by atoms with van der Waals surface area (Å²) in [6, 6.07) is 8.33. The van der Waals surface area contributed by atoms with Crippen LogP contribution >= 0.6 is 11.6 Å². The lowest BCUT2D eigenvalue weighted by Crippen LogP contribution is -2.64. The average molecular weight is 268 g/mol. The summed E-state index contributed by atoms with van der Waals surface area (Å²) < 4.78 is 0. The van der Waals surface area contributed by atoms with Crippen molar-refractivity contribution in [3.05, 3.63) is 29.3 Å². The maximum absolute atomic E-state index is 6.31. The van der Waals surface area contributed by atoms with Crippen molar-refractivity contribution in [3.63, 3.8) is 0 Å². The second kappa shape index (κ2) is 5.08. The van der Waals surface area contributed by atoms with Crippen molar-refractivity contribution >= 4 is 17.3 Å². The van der Waals surface area contributed by atoms with E-state index >= 15 is 0 Å². The number of rotatable bonds is 2. The highest BCUT2D eigenvalue weighted by Crippen LogP contribution is 2.32. The highest BCUT2D eigenvalue weighted by atomic mass is 35.5. The van der Waals surface area contributed by atoms with Gasteiger partial charge in [0.05, 0.1) is 16.8 Å². The molecule has 1 aliphatic rings. The first-order valence-corrected chi connectivity index (χ1v) is 6.76. The van der Waals surface area contributed by atoms with Crippen molar-refractivity contribution in [2.45, 2.75) is 25.4 Å². The summed E-state index contributed by atoms with van der Waals surface area (Å²) in [5.41, 5.74) is 7.14. The van der Waals surface area contributed by atoms with Crippen LogP contribution in [-0.2, 0) is 0 Å². The van der Waals surface area contributed by atoms with Gasteiger partial charge < -0.3 is 10.6 Å². The minimum absolute atomic E-state index is 0.130. The largest absolute Gasteiger partial charge is 0.363 e. The van der Waals surface area contributed by atoms with E-state index in [2.05, 4.69) is 36.8 Å². The SMILES string of the molecule is CN1CC(CN)N(c2ccccc2Cl)CC1(C)C. The molecule has 2 rings (SSSR count). The summed E-state index contributed by atoms with van der Waals surface area (Å²) in [6.45, 7) is 7.06. The van der Waals surface area contributed by atoms with Gasteiger partial charge in [-0.25, -0.2) is 0 Å². The average Bonchev–Trinajstić information content (AvgIpc) is 2.33. The molecule has 0 spiro atoms. The van der Waals surface area contributed by atoms with Crippen LogP contribution in [0.25, 0.3) is 0 Å². The number of likely N-dealkylation sites (N-methyl/N-ethyl adjacent to an activating group) is 1. The van der Waals surface area contributed by atoms with Crippen LogP contribution in [0.3, 0.4) is 0 Å². The summed E-state index contributed by atoms with van der Waals surface area (Å²) in [5, 5.41) is 0.802. The highest BCUT2D eigenvalue weighted by molar-refractivity contribution is 6.33. The summed E-state index contributed by atoms with van der Waals surface area (Å²) in [7, 11) is 2.16. The van der Waals surface area contributed by atoms with Gasteiger partial charge in [0.1, 0.15) is 0 Å². The van der Waals surface area contributed by atoms with Crippen molar-refractivity contribution in [1.29, 1.82) is 0 Å². The van der Waals surface area contributed by atoms with E-state index in [1.165, 1.54) is 0 Å². The van der Waals surface area contributed by atoms with Gasteiger partial charge in [0.25, 0.3) is 0 Å². The Morgan fingerprint density at radius 2 is 2.06 bits per heavy atom. The zero-order valence-electron chi connectivity index (χ0n) is 11.4. The van der Waals surface area contributed by atoms with Gasteiger partial charge in [0.2, 0.25) is 0 Å². The molecule has 1 unspecified atom stereocenters. The normalized spacial score (nSPS) is 24.3. The Hall–Kier alpha value is -0.770. The Morgan fingerprint density at radius 1 is 1.39 bits per heavy atom. The Morgan fingerprint density at radius 3 is 2.67 bits per heavy atom. The minimum atomic E-state index is 0.130. The molecule has 4 heteroatoms. The van der Waals surface area contributed by atoms with Crippen LogP contribution in [0.4, 0.5) is 5.69 Å². The molecule has 1 saturated heterocycles. The fourth-order valence-corrected chi connectivity index (χ4v) is 2.74. The van der Waals surface area contributed by atoms with Crippen LogP contribution in [0.5, 0.6) is 0 Å². The van der Waals surface area contributed by atoms with Crippen molar-refractivity contribution in [2.24, 2.45) is 5.73 Å². The first-order valence-electron chi connectivity index (χ1n) is 6.38. The monoisotopic (exact) mass is 267 g/mol. The molecule has 100 valence electrons. The van der Waals surface area contributed by atoms with E-state index in [1.807, 2.05) is 18.2 Å². The number of piperazine rings is 1. The summed E-state index contributed by atoms with van der Waals surface area (Å²) in [6.07, 6.45) is 0. The number of hydrogen-bond acceptors (Lipinski definition) is 3. The van der Waals surface area contributed by atoms with E-state index in [4.69, 9.17) is 17.3 Å². The molecule has 0 amide bonds. The van der Waals surface area contributed by atoms with Gasteiger partial charge >= 0.3 is 0 Å². The molecule has 1 heterocycles. The molecule has 0 aromatic heterocycles. The number of anilines is 1. The maximum Gasteiger partial charge on any atom is 0.0639 e. The zero-order valence-corrected chi connectivity index (χ0v) is 12.1. The third-order valence-corrected chi connectivity index (χ3v) is 4.27. The molecule has 0 saturated carbocycles. The van der Waals surface area contributed by atoms with Crippen molar-refractivity contribution < 1.29 is 0 Å². The van der Waals surface area contributed by atoms with E-state index in [9.17, 15) is 0 Å². The summed E-state index contributed by atoms with van der Waals surface area (Å²) in [4.78, 5) is 4.72. The van der Waals surface area contributed by atoms with E-state index in [1.54, 1.807) is 0 Å². The van der Waals surface area contributed by atoms with Crippen LogP contribution in [0.2, 0.25) is 5.02 Å². The Bertz CT molecular complexity index is 419. The Kier molecular flexibility index (Phi) is 3.85. The Labute approximate surface area is 115 Å². The van der Waals surface area contributed by atoms with Crippen LogP contribution in [0, 0.1) is 0 Å². The molecule has 3 nitrogen and oxygen atoms in total. The van der Waals surface area contributed by atoms with Gasteiger partial charge in [-0.05, 0) is 33.0 Å². The molecule has 18 heavy (non-hydrogen) atoms. The van der Waals surface area contributed by atoms with Gasteiger partial charge in [0.15, 0.2) is 0 Å². The molecule has 0 bridgehead atoms. The molecule has 2 N–H and O–H groups in total. The van der Waals surface area contributed by atoms with Crippen LogP contribution < -0.4 is 10.6 Å². The molecule has 1 aromatic rings. The highest BCUT2D eigenvalue weighted by Gasteiger charge is 2.36. The van der Waals surface area contributed by atoms with Crippen molar-refractivity contribution in [1.82, 2.24) is 4.90 Å². The summed E-state index contributed by atoms with van der Waals surface area (Å²) in [5.74, 6) is 0. The molecular formula is C14H22ClN3. The van der Waals surface area contributed by atoms with Gasteiger partial charge in [-0.1, -0.05) is 23.7 Å². The molecule has 0 aliphatic carbocycles. The standard InChI is InChI=1S/C14H22ClN3/c1-14(2)10-18(11(8-16)9-17(14)3)13-7-5-4-6-12(13)15/h4-7,11H,8-10,16H2,1-3H3. The van der Waals surface area contributed by atoms with E-state index in [0.717, 1.165) is 23.8 Å². The zero-order chi connectivity index (χ0) is 13.3. The van der Waals surface area contributed by atoms with Crippen LogP contribution in [-0.4, -0.2) is 43.2 Å². The third kappa shape index (κ3) is 2.48. The second-order valence-corrected chi connectivity index (χ2v) is 6.07. The fraction of sp³-hybridized carbons (Fsp3) is 0.571. The molecular weight excluding hydrogens is 246 g/mol. The lowest BCUT2D eigenvalue weighted by molar-refractivity contribution is 0.116. The second-order valence-electron chi connectivity index (χ2n) is 5.66. The topological polar surface area (TPSA) is 32.5 Å².